The Bertz CT molecular complexity index is 516. The predicted octanol–water partition coefficient (Wildman–Crippen LogP) is 1.83. The van der Waals surface area contributed by atoms with Gasteiger partial charge in [-0.15, -0.1) is 0 Å². The third kappa shape index (κ3) is 3.54. The molecule has 114 valence electrons. The number of benzene rings is 1. The number of hydrogen-bond donors (Lipinski definition) is 1. The Kier molecular flexibility index (Phi) is 5.20. The highest BCUT2D eigenvalue weighted by Crippen LogP contribution is 2.18. The van der Waals surface area contributed by atoms with E-state index in [4.69, 9.17) is 4.74 Å². The van der Waals surface area contributed by atoms with Crippen molar-refractivity contribution in [1.29, 1.82) is 0 Å². The summed E-state index contributed by atoms with van der Waals surface area (Å²) in [6.07, 6.45) is 2.62. The fraction of sp³-hybridized carbons (Fsp3) is 0.500. The Morgan fingerprint density at radius 1 is 1.38 bits per heavy atom. The third-order valence-corrected chi connectivity index (χ3v) is 3.82. The molecule has 1 atom stereocenters. The molecule has 1 fully saturated rings. The fourth-order valence-electron chi connectivity index (χ4n) is 2.62. The quantitative estimate of drug-likeness (QED) is 0.920. The highest BCUT2D eigenvalue weighted by Gasteiger charge is 2.28. The lowest BCUT2D eigenvalue weighted by Gasteiger charge is -2.23. The first-order valence-corrected chi connectivity index (χ1v) is 7.40. The molecule has 1 saturated heterocycles. The molecule has 0 aromatic heterocycles. The van der Waals surface area contributed by atoms with E-state index in [2.05, 4.69) is 5.32 Å². The Labute approximate surface area is 125 Å². The van der Waals surface area contributed by atoms with E-state index >= 15 is 0 Å². The summed E-state index contributed by atoms with van der Waals surface area (Å²) in [7, 11) is 1.53. The van der Waals surface area contributed by atoms with E-state index in [1.807, 2.05) is 13.0 Å². The Hall–Kier alpha value is -2.04. The van der Waals surface area contributed by atoms with Gasteiger partial charge in [-0.1, -0.05) is 12.1 Å². The van der Waals surface area contributed by atoms with E-state index in [1.165, 1.54) is 7.11 Å². The van der Waals surface area contributed by atoms with Gasteiger partial charge >= 0.3 is 0 Å². The molecule has 0 bridgehead atoms. The van der Waals surface area contributed by atoms with Crippen molar-refractivity contribution >= 4 is 11.8 Å². The van der Waals surface area contributed by atoms with Crippen molar-refractivity contribution in [2.75, 3.05) is 20.2 Å². The zero-order chi connectivity index (χ0) is 15.2. The highest BCUT2D eigenvalue weighted by atomic mass is 16.5. The summed E-state index contributed by atoms with van der Waals surface area (Å²) >= 11 is 0. The van der Waals surface area contributed by atoms with E-state index < -0.39 is 6.04 Å². The molecule has 0 aliphatic carbocycles. The van der Waals surface area contributed by atoms with Gasteiger partial charge in [-0.3, -0.25) is 9.59 Å². The average Bonchev–Trinajstić information content (AvgIpc) is 2.69. The minimum Gasteiger partial charge on any atom is -0.496 e. The maximum atomic E-state index is 12.4. The monoisotopic (exact) mass is 290 g/mol. The largest absolute Gasteiger partial charge is 0.496 e. The molecule has 5 heteroatoms. The Balaban J connectivity index is 2.12. The zero-order valence-corrected chi connectivity index (χ0v) is 12.6. The van der Waals surface area contributed by atoms with Crippen LogP contribution in [0.3, 0.4) is 0 Å². The summed E-state index contributed by atoms with van der Waals surface area (Å²) in [5.41, 5.74) is 0.458. The van der Waals surface area contributed by atoms with Gasteiger partial charge in [0.15, 0.2) is 0 Å². The smallest absolute Gasteiger partial charge is 0.255 e. The van der Waals surface area contributed by atoms with Crippen LogP contribution in [0, 0.1) is 0 Å². The number of carbonyl (C=O) groups excluding carboxylic acids is 2. The number of nitrogens with zero attached hydrogens (tertiary/aromatic N) is 1. The maximum absolute atomic E-state index is 12.4. The van der Waals surface area contributed by atoms with Crippen LogP contribution in [0.15, 0.2) is 24.3 Å². The number of likely N-dealkylation sites (N-methyl/N-ethyl adjacent to an activating group) is 1. The Morgan fingerprint density at radius 2 is 2.14 bits per heavy atom. The van der Waals surface area contributed by atoms with Crippen LogP contribution in [0.5, 0.6) is 5.75 Å². The summed E-state index contributed by atoms with van der Waals surface area (Å²) in [5.74, 6) is 0.269. The summed E-state index contributed by atoms with van der Waals surface area (Å²) in [5, 5.41) is 2.85. The number of para-hydroxylation sites is 1. The van der Waals surface area contributed by atoms with Crippen molar-refractivity contribution in [1.82, 2.24) is 10.2 Å². The number of nitrogens with one attached hydrogen (secondary N) is 1. The molecule has 2 rings (SSSR count). The van der Waals surface area contributed by atoms with Gasteiger partial charge < -0.3 is 15.0 Å². The number of amides is 2. The van der Waals surface area contributed by atoms with Crippen LogP contribution >= 0.6 is 0 Å². The molecule has 1 aromatic carbocycles. The average molecular weight is 290 g/mol. The molecule has 2 amide bonds. The molecule has 1 aromatic rings. The molecule has 5 nitrogen and oxygen atoms in total. The molecule has 1 aliphatic rings. The van der Waals surface area contributed by atoms with Crippen molar-refractivity contribution in [2.45, 2.75) is 32.2 Å². The van der Waals surface area contributed by atoms with E-state index in [1.54, 1.807) is 23.1 Å². The molecule has 0 radical (unpaired) electrons. The number of hydrogen-bond acceptors (Lipinski definition) is 3. The van der Waals surface area contributed by atoms with Crippen LogP contribution in [0.2, 0.25) is 0 Å². The minimum atomic E-state index is -0.440. The standard InChI is InChI=1S/C16H22N2O3/c1-3-18-11-7-6-9-13(16(18)20)17-15(19)12-8-4-5-10-14(12)21-2/h4-5,8,10,13H,3,6-7,9,11H2,1-2H3,(H,17,19). The third-order valence-electron chi connectivity index (χ3n) is 3.82. The molecular weight excluding hydrogens is 268 g/mol. The summed E-state index contributed by atoms with van der Waals surface area (Å²) in [4.78, 5) is 26.6. The number of likely N-dealkylation sites (tertiary alicyclic amines) is 1. The lowest BCUT2D eigenvalue weighted by atomic mass is 10.1. The van der Waals surface area contributed by atoms with Crippen LogP contribution < -0.4 is 10.1 Å². The summed E-state index contributed by atoms with van der Waals surface area (Å²) in [6, 6.07) is 6.59. The van der Waals surface area contributed by atoms with Crippen molar-refractivity contribution in [2.24, 2.45) is 0 Å². The van der Waals surface area contributed by atoms with E-state index in [-0.39, 0.29) is 11.8 Å². The van der Waals surface area contributed by atoms with Crippen molar-refractivity contribution < 1.29 is 14.3 Å². The lowest BCUT2D eigenvalue weighted by Crippen LogP contribution is -2.47. The second-order valence-electron chi connectivity index (χ2n) is 5.14. The van der Waals surface area contributed by atoms with Crippen molar-refractivity contribution in [3.05, 3.63) is 29.8 Å². The molecule has 0 saturated carbocycles. The van der Waals surface area contributed by atoms with E-state index in [9.17, 15) is 9.59 Å². The van der Waals surface area contributed by atoms with Crippen molar-refractivity contribution in [3.63, 3.8) is 0 Å². The van der Waals surface area contributed by atoms with Gasteiger partial charge in [0.25, 0.3) is 5.91 Å². The number of carbonyl (C=O) groups is 2. The summed E-state index contributed by atoms with van der Waals surface area (Å²) in [6.45, 7) is 3.42. The molecule has 1 unspecified atom stereocenters. The van der Waals surface area contributed by atoms with Crippen molar-refractivity contribution in [3.8, 4) is 5.75 Å². The van der Waals surface area contributed by atoms with Crippen LogP contribution in [-0.4, -0.2) is 43.0 Å². The first-order chi connectivity index (χ1) is 10.2. The lowest BCUT2D eigenvalue weighted by molar-refractivity contribution is -0.132. The minimum absolute atomic E-state index is 0.0123. The first-order valence-electron chi connectivity index (χ1n) is 7.40. The van der Waals surface area contributed by atoms with Gasteiger partial charge in [0.1, 0.15) is 11.8 Å². The van der Waals surface area contributed by atoms with Gasteiger partial charge in [-0.25, -0.2) is 0 Å². The number of methoxy groups -OCH3 is 1. The zero-order valence-electron chi connectivity index (χ0n) is 12.6. The number of rotatable bonds is 4. The Morgan fingerprint density at radius 3 is 2.86 bits per heavy atom. The van der Waals surface area contributed by atoms with Gasteiger partial charge in [0.2, 0.25) is 5.91 Å². The first kappa shape index (κ1) is 15.4. The fourth-order valence-corrected chi connectivity index (χ4v) is 2.62. The van der Waals surface area contributed by atoms with Crippen LogP contribution in [0.4, 0.5) is 0 Å². The molecule has 1 aliphatic heterocycles. The van der Waals surface area contributed by atoms with Gasteiger partial charge in [0.05, 0.1) is 12.7 Å². The summed E-state index contributed by atoms with van der Waals surface area (Å²) < 4.78 is 5.19. The van der Waals surface area contributed by atoms with E-state index in [0.29, 0.717) is 24.3 Å². The molecule has 0 spiro atoms. The molecular formula is C16H22N2O3. The van der Waals surface area contributed by atoms with Crippen LogP contribution in [-0.2, 0) is 4.79 Å². The van der Waals surface area contributed by atoms with Crippen LogP contribution in [0.1, 0.15) is 36.5 Å². The predicted molar refractivity (Wildman–Crippen MR) is 80.4 cm³/mol. The maximum Gasteiger partial charge on any atom is 0.255 e. The van der Waals surface area contributed by atoms with E-state index in [0.717, 1.165) is 19.4 Å². The van der Waals surface area contributed by atoms with Gasteiger partial charge in [-0.05, 0) is 38.3 Å². The molecule has 1 N–H and O–H groups in total. The van der Waals surface area contributed by atoms with Crippen LogP contribution in [0.25, 0.3) is 0 Å². The second kappa shape index (κ2) is 7.11. The normalized spacial score (nSPS) is 19.0. The highest BCUT2D eigenvalue weighted by molar-refractivity contribution is 5.99. The molecule has 1 heterocycles. The van der Waals surface area contributed by atoms with Gasteiger partial charge in [-0.2, -0.15) is 0 Å². The SMILES string of the molecule is CCN1CCCCC(NC(=O)c2ccccc2OC)C1=O. The second-order valence-corrected chi connectivity index (χ2v) is 5.14. The molecule has 21 heavy (non-hydrogen) atoms. The topological polar surface area (TPSA) is 58.6 Å². The number of ether oxygens (including phenoxy) is 1. The van der Waals surface area contributed by atoms with Gasteiger partial charge in [0, 0.05) is 13.1 Å².